The van der Waals surface area contributed by atoms with Crippen molar-refractivity contribution in [2.75, 3.05) is 6.54 Å². The van der Waals surface area contributed by atoms with E-state index >= 15 is 0 Å². The van der Waals surface area contributed by atoms with Crippen LogP contribution in [0.4, 0.5) is 8.78 Å². The molecule has 0 spiro atoms. The third-order valence-electron chi connectivity index (χ3n) is 3.24. The molecule has 7 heteroatoms. The van der Waals surface area contributed by atoms with Gasteiger partial charge in [0.05, 0.1) is 6.54 Å². The molecule has 0 amide bonds. The van der Waals surface area contributed by atoms with E-state index in [9.17, 15) is 8.78 Å². The quantitative estimate of drug-likeness (QED) is 0.370. The van der Waals surface area contributed by atoms with Gasteiger partial charge in [0.15, 0.2) is 5.96 Å². The van der Waals surface area contributed by atoms with Crippen LogP contribution in [0.3, 0.4) is 0 Å². The minimum absolute atomic E-state index is 0. The van der Waals surface area contributed by atoms with Crippen molar-refractivity contribution >= 4 is 29.9 Å². The lowest BCUT2D eigenvalue weighted by atomic mass is 10.2. The van der Waals surface area contributed by atoms with Crippen LogP contribution in [0.2, 0.25) is 0 Å². The summed E-state index contributed by atoms with van der Waals surface area (Å²) < 4.78 is 29.4. The minimum atomic E-state index is -2.84. The molecule has 2 aromatic rings. The van der Waals surface area contributed by atoms with Gasteiger partial charge in [-0.25, -0.2) is 4.99 Å². The first kappa shape index (κ1) is 21.1. The van der Waals surface area contributed by atoms with Gasteiger partial charge in [-0.05, 0) is 18.6 Å². The standard InChI is InChI=1S/C18H21F2N3O.HI/c1-2-21-18(22-12-14-8-4-3-5-9-14)23-13-15-10-6-7-11-16(15)24-17(19)20;/h3-11,17H,2,12-13H2,1H3,(H2,21,22,23);1H. The molecule has 136 valence electrons. The fourth-order valence-corrected chi connectivity index (χ4v) is 2.14. The lowest BCUT2D eigenvalue weighted by Crippen LogP contribution is -2.36. The van der Waals surface area contributed by atoms with Gasteiger partial charge < -0.3 is 15.4 Å². The van der Waals surface area contributed by atoms with Crippen molar-refractivity contribution in [3.63, 3.8) is 0 Å². The van der Waals surface area contributed by atoms with Gasteiger partial charge in [0, 0.05) is 18.7 Å². The van der Waals surface area contributed by atoms with E-state index in [1.165, 1.54) is 6.07 Å². The number of nitrogens with zero attached hydrogens (tertiary/aromatic N) is 1. The Morgan fingerprint density at radius 1 is 1.04 bits per heavy atom. The minimum Gasteiger partial charge on any atom is -0.434 e. The van der Waals surface area contributed by atoms with Gasteiger partial charge in [-0.2, -0.15) is 8.78 Å². The zero-order valence-corrected chi connectivity index (χ0v) is 16.2. The number of para-hydroxylation sites is 1. The molecular weight excluding hydrogens is 439 g/mol. The van der Waals surface area contributed by atoms with Crippen molar-refractivity contribution in [3.8, 4) is 5.75 Å². The van der Waals surface area contributed by atoms with E-state index in [-0.39, 0.29) is 29.7 Å². The van der Waals surface area contributed by atoms with Gasteiger partial charge in [-0.15, -0.1) is 24.0 Å². The van der Waals surface area contributed by atoms with Crippen LogP contribution < -0.4 is 15.4 Å². The second-order valence-electron chi connectivity index (χ2n) is 5.02. The van der Waals surface area contributed by atoms with Gasteiger partial charge in [-0.1, -0.05) is 48.5 Å². The summed E-state index contributed by atoms with van der Waals surface area (Å²) in [6, 6.07) is 16.6. The van der Waals surface area contributed by atoms with E-state index in [0.29, 0.717) is 31.2 Å². The number of benzene rings is 2. The largest absolute Gasteiger partial charge is 0.434 e. The molecule has 0 aliphatic heterocycles. The molecule has 4 nitrogen and oxygen atoms in total. The number of halogens is 3. The number of aliphatic imine (C=N–C) groups is 1. The van der Waals surface area contributed by atoms with Crippen LogP contribution in [-0.2, 0) is 13.1 Å². The molecule has 0 saturated heterocycles. The van der Waals surface area contributed by atoms with E-state index in [0.717, 1.165) is 5.56 Å². The Kier molecular flexibility index (Phi) is 9.83. The van der Waals surface area contributed by atoms with Gasteiger partial charge >= 0.3 is 6.61 Å². The summed E-state index contributed by atoms with van der Waals surface area (Å²) in [5.74, 6) is 0.784. The van der Waals surface area contributed by atoms with Crippen LogP contribution >= 0.6 is 24.0 Å². The second-order valence-corrected chi connectivity index (χ2v) is 5.02. The fraction of sp³-hybridized carbons (Fsp3) is 0.278. The SMILES string of the molecule is CCNC(=NCc1ccccc1)NCc1ccccc1OC(F)F.I. The molecule has 2 aromatic carbocycles. The first-order valence-electron chi connectivity index (χ1n) is 7.78. The number of rotatable bonds is 7. The molecule has 2 N–H and O–H groups in total. The number of ether oxygens (including phenoxy) is 1. The summed E-state index contributed by atoms with van der Waals surface area (Å²) in [5.41, 5.74) is 1.74. The Balaban J connectivity index is 0.00000312. The number of guanidine groups is 1. The van der Waals surface area contributed by atoms with Crippen LogP contribution in [0.1, 0.15) is 18.1 Å². The average molecular weight is 461 g/mol. The molecule has 0 aromatic heterocycles. The molecule has 0 saturated carbocycles. The summed E-state index contributed by atoms with van der Waals surface area (Å²) in [5, 5.41) is 6.27. The third kappa shape index (κ3) is 7.68. The molecule has 25 heavy (non-hydrogen) atoms. The predicted molar refractivity (Wildman–Crippen MR) is 107 cm³/mol. The first-order chi connectivity index (χ1) is 11.7. The third-order valence-corrected chi connectivity index (χ3v) is 3.24. The van der Waals surface area contributed by atoms with Gasteiger partial charge in [0.2, 0.25) is 0 Å². The molecule has 0 heterocycles. The zero-order valence-electron chi connectivity index (χ0n) is 13.9. The number of hydrogen-bond donors (Lipinski definition) is 2. The Bertz CT molecular complexity index is 654. The zero-order chi connectivity index (χ0) is 17.2. The first-order valence-corrected chi connectivity index (χ1v) is 7.78. The summed E-state index contributed by atoms with van der Waals surface area (Å²) in [6.07, 6.45) is 0. The second kappa shape index (κ2) is 11.6. The summed E-state index contributed by atoms with van der Waals surface area (Å²) >= 11 is 0. The van der Waals surface area contributed by atoms with Crippen LogP contribution in [-0.4, -0.2) is 19.1 Å². The van der Waals surface area contributed by atoms with Crippen molar-refractivity contribution in [2.45, 2.75) is 26.6 Å². The molecule has 0 aliphatic carbocycles. The van der Waals surface area contributed by atoms with Crippen molar-refractivity contribution in [2.24, 2.45) is 4.99 Å². The summed E-state index contributed by atoms with van der Waals surface area (Å²) in [4.78, 5) is 4.49. The number of nitrogens with one attached hydrogen (secondary N) is 2. The van der Waals surface area contributed by atoms with E-state index < -0.39 is 6.61 Å². The topological polar surface area (TPSA) is 45.7 Å². The predicted octanol–water partition coefficient (Wildman–Crippen LogP) is 4.16. The van der Waals surface area contributed by atoms with Crippen LogP contribution in [0.5, 0.6) is 5.75 Å². The summed E-state index contributed by atoms with van der Waals surface area (Å²) in [7, 11) is 0. The maximum atomic E-state index is 12.4. The van der Waals surface area contributed by atoms with Crippen molar-refractivity contribution in [1.82, 2.24) is 10.6 Å². The Morgan fingerprint density at radius 3 is 2.40 bits per heavy atom. The molecule has 0 radical (unpaired) electrons. The highest BCUT2D eigenvalue weighted by Gasteiger charge is 2.09. The fourth-order valence-electron chi connectivity index (χ4n) is 2.14. The van der Waals surface area contributed by atoms with Crippen molar-refractivity contribution in [1.29, 1.82) is 0 Å². The maximum Gasteiger partial charge on any atom is 0.387 e. The molecule has 0 aliphatic rings. The molecule has 0 atom stereocenters. The molecule has 0 bridgehead atoms. The highest BCUT2D eigenvalue weighted by atomic mass is 127. The molecular formula is C18H22F2IN3O. The number of alkyl halides is 2. The van der Waals surface area contributed by atoms with Crippen molar-refractivity contribution in [3.05, 3.63) is 65.7 Å². The summed E-state index contributed by atoms with van der Waals surface area (Å²) in [6.45, 7) is 0.698. The smallest absolute Gasteiger partial charge is 0.387 e. The van der Waals surface area contributed by atoms with Crippen LogP contribution in [0.15, 0.2) is 59.6 Å². The molecule has 0 unspecified atom stereocenters. The monoisotopic (exact) mass is 461 g/mol. The molecule has 0 fully saturated rings. The van der Waals surface area contributed by atoms with Crippen LogP contribution in [0, 0.1) is 0 Å². The van der Waals surface area contributed by atoms with Gasteiger partial charge in [-0.3, -0.25) is 0 Å². The Morgan fingerprint density at radius 2 is 1.72 bits per heavy atom. The highest BCUT2D eigenvalue weighted by Crippen LogP contribution is 2.19. The van der Waals surface area contributed by atoms with E-state index in [1.54, 1.807) is 18.2 Å². The Labute approximate surface area is 163 Å². The highest BCUT2D eigenvalue weighted by molar-refractivity contribution is 14.0. The van der Waals surface area contributed by atoms with Gasteiger partial charge in [0.25, 0.3) is 0 Å². The lowest BCUT2D eigenvalue weighted by Gasteiger charge is -2.14. The van der Waals surface area contributed by atoms with Crippen LogP contribution in [0.25, 0.3) is 0 Å². The average Bonchev–Trinajstić information content (AvgIpc) is 2.59. The Hall–Kier alpha value is -1.90. The van der Waals surface area contributed by atoms with Crippen molar-refractivity contribution < 1.29 is 13.5 Å². The van der Waals surface area contributed by atoms with E-state index in [2.05, 4.69) is 20.4 Å². The van der Waals surface area contributed by atoms with Gasteiger partial charge in [0.1, 0.15) is 5.75 Å². The maximum absolute atomic E-state index is 12.4. The molecule has 2 rings (SSSR count). The van der Waals surface area contributed by atoms with E-state index in [4.69, 9.17) is 0 Å². The normalized spacial score (nSPS) is 11.0. The number of hydrogen-bond acceptors (Lipinski definition) is 2. The lowest BCUT2D eigenvalue weighted by molar-refractivity contribution is -0.0504. The van der Waals surface area contributed by atoms with E-state index in [1.807, 2.05) is 37.3 Å².